The highest BCUT2D eigenvalue weighted by Crippen LogP contribution is 2.37. The van der Waals surface area contributed by atoms with Crippen molar-refractivity contribution in [2.24, 2.45) is 0 Å². The predicted octanol–water partition coefficient (Wildman–Crippen LogP) is 3.91. The van der Waals surface area contributed by atoms with Crippen LogP contribution in [0, 0.1) is 6.92 Å². The number of benzene rings is 1. The van der Waals surface area contributed by atoms with Crippen molar-refractivity contribution in [1.29, 1.82) is 0 Å². The van der Waals surface area contributed by atoms with Gasteiger partial charge in [-0.15, -0.1) is 0 Å². The molecule has 1 heteroatoms. The van der Waals surface area contributed by atoms with Crippen LogP contribution < -0.4 is 4.90 Å². The van der Waals surface area contributed by atoms with Crippen molar-refractivity contribution < 1.29 is 0 Å². The number of aryl methyl sites for hydroxylation is 1. The molecule has 0 saturated carbocycles. The van der Waals surface area contributed by atoms with Crippen LogP contribution in [0.25, 0.3) is 0 Å². The molecule has 86 valence electrons. The lowest BCUT2D eigenvalue weighted by Gasteiger charge is -2.30. The Balaban J connectivity index is 1.90. The average molecular weight is 215 g/mol. The largest absolute Gasteiger partial charge is 0.366 e. The Labute approximate surface area is 98.5 Å². The highest BCUT2D eigenvalue weighted by Gasteiger charge is 2.34. The molecule has 2 bridgehead atoms. The Hall–Kier alpha value is -0.980. The first-order valence-corrected chi connectivity index (χ1v) is 6.69. The molecule has 0 spiro atoms. The van der Waals surface area contributed by atoms with Crippen molar-refractivity contribution in [2.75, 3.05) is 4.90 Å². The summed E-state index contributed by atoms with van der Waals surface area (Å²) in [5, 5.41) is 0. The molecule has 1 nitrogen and oxygen atoms in total. The molecule has 2 unspecified atom stereocenters. The summed E-state index contributed by atoms with van der Waals surface area (Å²) in [5.41, 5.74) is 2.82. The van der Waals surface area contributed by atoms with E-state index in [4.69, 9.17) is 0 Å². The Morgan fingerprint density at radius 3 is 2.00 bits per heavy atom. The normalized spacial score (nSPS) is 29.2. The van der Waals surface area contributed by atoms with Gasteiger partial charge in [-0.1, -0.05) is 30.5 Å². The minimum Gasteiger partial charge on any atom is -0.366 e. The summed E-state index contributed by atoms with van der Waals surface area (Å²) in [6.07, 6.45) is 8.51. The number of rotatable bonds is 1. The Kier molecular flexibility index (Phi) is 2.62. The van der Waals surface area contributed by atoms with Crippen molar-refractivity contribution in [2.45, 2.75) is 57.5 Å². The highest BCUT2D eigenvalue weighted by molar-refractivity contribution is 5.50. The summed E-state index contributed by atoms with van der Waals surface area (Å²) in [5.74, 6) is 0. The van der Waals surface area contributed by atoms with Gasteiger partial charge in [0, 0.05) is 17.8 Å². The predicted molar refractivity (Wildman–Crippen MR) is 68.9 cm³/mol. The molecule has 1 aromatic rings. The Bertz CT molecular complexity index is 340. The van der Waals surface area contributed by atoms with Crippen LogP contribution in [-0.2, 0) is 0 Å². The van der Waals surface area contributed by atoms with Gasteiger partial charge in [0.05, 0.1) is 0 Å². The van der Waals surface area contributed by atoms with E-state index in [9.17, 15) is 0 Å². The summed E-state index contributed by atoms with van der Waals surface area (Å²) in [6.45, 7) is 2.17. The van der Waals surface area contributed by atoms with Crippen LogP contribution >= 0.6 is 0 Å². The van der Waals surface area contributed by atoms with Gasteiger partial charge in [0.1, 0.15) is 0 Å². The molecule has 2 heterocycles. The molecule has 2 aliphatic heterocycles. The van der Waals surface area contributed by atoms with Gasteiger partial charge >= 0.3 is 0 Å². The second-order valence-corrected chi connectivity index (χ2v) is 5.41. The fourth-order valence-electron chi connectivity index (χ4n) is 3.43. The van der Waals surface area contributed by atoms with Crippen molar-refractivity contribution in [1.82, 2.24) is 0 Å². The molecule has 3 rings (SSSR count). The van der Waals surface area contributed by atoms with Crippen molar-refractivity contribution in [3.05, 3.63) is 29.8 Å². The van der Waals surface area contributed by atoms with E-state index in [0.29, 0.717) is 0 Å². The molecule has 2 aliphatic rings. The monoisotopic (exact) mass is 215 g/mol. The van der Waals surface area contributed by atoms with Gasteiger partial charge in [-0.3, -0.25) is 0 Å². The second kappa shape index (κ2) is 4.12. The molecule has 0 aliphatic carbocycles. The summed E-state index contributed by atoms with van der Waals surface area (Å²) >= 11 is 0. The first kappa shape index (κ1) is 10.2. The molecule has 0 N–H and O–H groups in total. The fourth-order valence-corrected chi connectivity index (χ4v) is 3.43. The van der Waals surface area contributed by atoms with E-state index in [1.165, 1.54) is 49.8 Å². The van der Waals surface area contributed by atoms with Gasteiger partial charge in [0.15, 0.2) is 0 Å². The minimum absolute atomic E-state index is 0.829. The van der Waals surface area contributed by atoms with Crippen molar-refractivity contribution in [3.8, 4) is 0 Å². The van der Waals surface area contributed by atoms with Crippen molar-refractivity contribution in [3.63, 3.8) is 0 Å². The molecule has 0 radical (unpaired) electrons. The third-order valence-electron chi connectivity index (χ3n) is 4.28. The number of fused-ring (bicyclic) bond motifs is 2. The lowest BCUT2D eigenvalue weighted by molar-refractivity contribution is 0.556. The standard InChI is InChI=1S/C15H21N/c1-12-6-8-15(9-7-12)16-13-4-2-3-5-14(16)11-10-13/h6-9,13-14H,2-5,10-11H2,1H3. The smallest absolute Gasteiger partial charge is 0.0371 e. The van der Waals surface area contributed by atoms with E-state index in [1.807, 2.05) is 0 Å². The first-order valence-electron chi connectivity index (χ1n) is 6.69. The number of hydrogen-bond acceptors (Lipinski definition) is 1. The molecule has 0 amide bonds. The molecule has 2 atom stereocenters. The van der Waals surface area contributed by atoms with Gasteiger partial charge < -0.3 is 4.90 Å². The Morgan fingerprint density at radius 1 is 0.875 bits per heavy atom. The van der Waals surface area contributed by atoms with E-state index in [2.05, 4.69) is 36.1 Å². The maximum atomic E-state index is 2.71. The topological polar surface area (TPSA) is 3.24 Å². The molecule has 16 heavy (non-hydrogen) atoms. The summed E-state index contributed by atoms with van der Waals surface area (Å²) in [7, 11) is 0. The van der Waals surface area contributed by atoms with Gasteiger partial charge in [-0.05, 0) is 44.7 Å². The number of nitrogens with zero attached hydrogens (tertiary/aromatic N) is 1. The molecule has 2 fully saturated rings. The fraction of sp³-hybridized carbons (Fsp3) is 0.600. The Morgan fingerprint density at radius 2 is 1.44 bits per heavy atom. The molecule has 1 aromatic carbocycles. The van der Waals surface area contributed by atoms with Crippen LogP contribution in [0.4, 0.5) is 5.69 Å². The van der Waals surface area contributed by atoms with E-state index in [1.54, 1.807) is 0 Å². The highest BCUT2D eigenvalue weighted by atomic mass is 15.2. The first-order chi connectivity index (χ1) is 7.84. The molecule has 2 saturated heterocycles. The zero-order valence-corrected chi connectivity index (χ0v) is 10.2. The van der Waals surface area contributed by atoms with E-state index >= 15 is 0 Å². The van der Waals surface area contributed by atoms with E-state index in [0.717, 1.165) is 12.1 Å². The quantitative estimate of drug-likeness (QED) is 0.686. The lowest BCUT2D eigenvalue weighted by atomic mass is 10.0. The van der Waals surface area contributed by atoms with Gasteiger partial charge in [0.25, 0.3) is 0 Å². The summed E-state index contributed by atoms with van der Waals surface area (Å²) in [6, 6.07) is 10.8. The SMILES string of the molecule is Cc1ccc(N2C3CCCCC2CC3)cc1. The van der Waals surface area contributed by atoms with Crippen molar-refractivity contribution >= 4 is 5.69 Å². The van der Waals surface area contributed by atoms with Crippen LogP contribution in [0.3, 0.4) is 0 Å². The molecule has 0 aromatic heterocycles. The van der Waals surface area contributed by atoms with Crippen LogP contribution in [0.15, 0.2) is 24.3 Å². The van der Waals surface area contributed by atoms with Gasteiger partial charge in [-0.2, -0.15) is 0 Å². The van der Waals surface area contributed by atoms with Gasteiger partial charge in [-0.25, -0.2) is 0 Å². The summed E-state index contributed by atoms with van der Waals surface area (Å²) in [4.78, 5) is 2.71. The maximum absolute atomic E-state index is 2.71. The van der Waals surface area contributed by atoms with Crippen LogP contribution in [-0.4, -0.2) is 12.1 Å². The van der Waals surface area contributed by atoms with E-state index in [-0.39, 0.29) is 0 Å². The number of hydrogen-bond donors (Lipinski definition) is 0. The zero-order valence-electron chi connectivity index (χ0n) is 10.2. The summed E-state index contributed by atoms with van der Waals surface area (Å²) < 4.78 is 0. The lowest BCUT2D eigenvalue weighted by Crippen LogP contribution is -2.34. The molecular weight excluding hydrogens is 194 g/mol. The van der Waals surface area contributed by atoms with Gasteiger partial charge in [0.2, 0.25) is 0 Å². The zero-order chi connectivity index (χ0) is 11.0. The third-order valence-corrected chi connectivity index (χ3v) is 4.28. The average Bonchev–Trinajstić information content (AvgIpc) is 2.53. The number of anilines is 1. The third kappa shape index (κ3) is 1.73. The molecular formula is C15H21N. The van der Waals surface area contributed by atoms with E-state index < -0.39 is 0 Å². The van der Waals surface area contributed by atoms with Crippen LogP contribution in [0.1, 0.15) is 44.1 Å². The second-order valence-electron chi connectivity index (χ2n) is 5.41. The minimum atomic E-state index is 0.829. The van der Waals surface area contributed by atoms with Crippen LogP contribution in [0.2, 0.25) is 0 Å². The maximum Gasteiger partial charge on any atom is 0.0371 e. The van der Waals surface area contributed by atoms with Crippen LogP contribution in [0.5, 0.6) is 0 Å².